The summed E-state index contributed by atoms with van der Waals surface area (Å²) in [7, 11) is 1.68. The normalized spacial score (nSPS) is 18.6. The molecule has 1 aliphatic heterocycles. The Bertz CT molecular complexity index is 127. The zero-order valence-corrected chi connectivity index (χ0v) is 8.96. The number of hydrogen-bond donors (Lipinski definition) is 1. The maximum absolute atomic E-state index is 5.35. The van der Waals surface area contributed by atoms with Gasteiger partial charge in [0.15, 0.2) is 0 Å². The Morgan fingerprint density at radius 1 is 1.21 bits per heavy atom. The zero-order valence-electron chi connectivity index (χ0n) is 8.96. The maximum atomic E-state index is 5.35. The summed E-state index contributed by atoms with van der Waals surface area (Å²) in [5.41, 5.74) is 0. The second-order valence-electron chi connectivity index (χ2n) is 3.45. The van der Waals surface area contributed by atoms with Crippen LogP contribution in [0.3, 0.4) is 0 Å². The quantitative estimate of drug-likeness (QED) is 0.609. The molecule has 0 saturated carbocycles. The van der Waals surface area contributed by atoms with Crippen LogP contribution in [0.2, 0.25) is 0 Å². The standard InChI is InChI=1S/C10H21NO3/c1-12-8-9-14-7-4-11-10-2-5-13-6-3-10/h10-11H,2-9H2,1H3. The van der Waals surface area contributed by atoms with Gasteiger partial charge in [-0.25, -0.2) is 0 Å². The van der Waals surface area contributed by atoms with Crippen molar-refractivity contribution in [2.24, 2.45) is 0 Å². The summed E-state index contributed by atoms with van der Waals surface area (Å²) in [4.78, 5) is 0. The van der Waals surface area contributed by atoms with Crippen molar-refractivity contribution in [3.63, 3.8) is 0 Å². The molecule has 84 valence electrons. The average molecular weight is 203 g/mol. The predicted molar refractivity (Wildman–Crippen MR) is 54.5 cm³/mol. The monoisotopic (exact) mass is 203 g/mol. The van der Waals surface area contributed by atoms with Crippen LogP contribution in [0.5, 0.6) is 0 Å². The van der Waals surface area contributed by atoms with Gasteiger partial charge >= 0.3 is 0 Å². The van der Waals surface area contributed by atoms with Gasteiger partial charge in [0, 0.05) is 32.9 Å². The van der Waals surface area contributed by atoms with E-state index in [-0.39, 0.29) is 0 Å². The molecule has 0 bridgehead atoms. The van der Waals surface area contributed by atoms with Gasteiger partial charge in [0.1, 0.15) is 0 Å². The van der Waals surface area contributed by atoms with E-state index in [0.29, 0.717) is 19.3 Å². The maximum Gasteiger partial charge on any atom is 0.0700 e. The summed E-state index contributed by atoms with van der Waals surface area (Å²) in [5.74, 6) is 0. The lowest BCUT2D eigenvalue weighted by Gasteiger charge is -2.23. The lowest BCUT2D eigenvalue weighted by molar-refractivity contribution is 0.0601. The van der Waals surface area contributed by atoms with Crippen LogP contribution >= 0.6 is 0 Å². The summed E-state index contributed by atoms with van der Waals surface area (Å²) in [5, 5.41) is 3.45. The van der Waals surface area contributed by atoms with E-state index in [2.05, 4.69) is 5.32 Å². The van der Waals surface area contributed by atoms with Crippen LogP contribution in [0.25, 0.3) is 0 Å². The lowest BCUT2D eigenvalue weighted by Crippen LogP contribution is -2.36. The second kappa shape index (κ2) is 8.17. The molecular formula is C10H21NO3. The highest BCUT2D eigenvalue weighted by Crippen LogP contribution is 2.05. The van der Waals surface area contributed by atoms with Gasteiger partial charge in [-0.2, -0.15) is 0 Å². The molecular weight excluding hydrogens is 182 g/mol. The highest BCUT2D eigenvalue weighted by molar-refractivity contribution is 4.69. The van der Waals surface area contributed by atoms with E-state index >= 15 is 0 Å². The highest BCUT2D eigenvalue weighted by Gasteiger charge is 2.11. The van der Waals surface area contributed by atoms with Gasteiger partial charge in [-0.1, -0.05) is 0 Å². The molecule has 1 aliphatic rings. The van der Waals surface area contributed by atoms with E-state index in [1.165, 1.54) is 0 Å². The van der Waals surface area contributed by atoms with Crippen LogP contribution in [0.4, 0.5) is 0 Å². The van der Waals surface area contributed by atoms with Crippen molar-refractivity contribution in [1.29, 1.82) is 0 Å². The Morgan fingerprint density at radius 2 is 2.00 bits per heavy atom. The summed E-state index contributed by atoms with van der Waals surface area (Å²) >= 11 is 0. The van der Waals surface area contributed by atoms with Gasteiger partial charge in [0.05, 0.1) is 19.8 Å². The van der Waals surface area contributed by atoms with Crippen LogP contribution < -0.4 is 5.32 Å². The topological polar surface area (TPSA) is 39.7 Å². The van der Waals surface area contributed by atoms with Crippen molar-refractivity contribution in [2.75, 3.05) is 46.7 Å². The molecule has 1 heterocycles. The Hall–Kier alpha value is -0.160. The summed E-state index contributed by atoms with van der Waals surface area (Å²) in [6.07, 6.45) is 2.25. The fourth-order valence-electron chi connectivity index (χ4n) is 1.48. The van der Waals surface area contributed by atoms with Crippen molar-refractivity contribution in [1.82, 2.24) is 5.32 Å². The molecule has 0 aromatic rings. The van der Waals surface area contributed by atoms with Gasteiger partial charge in [-0.15, -0.1) is 0 Å². The van der Waals surface area contributed by atoms with E-state index in [1.54, 1.807) is 7.11 Å². The Morgan fingerprint density at radius 3 is 2.71 bits per heavy atom. The van der Waals surface area contributed by atoms with E-state index < -0.39 is 0 Å². The molecule has 4 heteroatoms. The number of hydrogen-bond acceptors (Lipinski definition) is 4. The molecule has 14 heavy (non-hydrogen) atoms. The minimum Gasteiger partial charge on any atom is -0.382 e. The molecule has 0 aliphatic carbocycles. The first kappa shape index (κ1) is 11.9. The van der Waals surface area contributed by atoms with E-state index in [0.717, 1.165) is 39.2 Å². The molecule has 0 unspecified atom stereocenters. The minimum atomic E-state index is 0.620. The fraction of sp³-hybridized carbons (Fsp3) is 1.00. The molecule has 1 rings (SSSR count). The smallest absolute Gasteiger partial charge is 0.0700 e. The number of methoxy groups -OCH3 is 1. The molecule has 0 aromatic carbocycles. The summed E-state index contributed by atoms with van der Waals surface area (Å²) in [6, 6.07) is 0.620. The molecule has 0 radical (unpaired) electrons. The van der Waals surface area contributed by atoms with E-state index in [4.69, 9.17) is 14.2 Å². The first-order valence-electron chi connectivity index (χ1n) is 5.31. The molecule has 0 amide bonds. The van der Waals surface area contributed by atoms with Gasteiger partial charge in [-0.3, -0.25) is 0 Å². The van der Waals surface area contributed by atoms with Gasteiger partial charge in [0.2, 0.25) is 0 Å². The highest BCUT2D eigenvalue weighted by atomic mass is 16.5. The largest absolute Gasteiger partial charge is 0.382 e. The first-order chi connectivity index (χ1) is 6.93. The Kier molecular flexibility index (Phi) is 6.95. The molecule has 0 aromatic heterocycles. The summed E-state index contributed by atoms with van der Waals surface area (Å²) < 4.78 is 15.5. The Balaban J connectivity index is 1.82. The van der Waals surface area contributed by atoms with E-state index in [1.807, 2.05) is 0 Å². The van der Waals surface area contributed by atoms with Crippen LogP contribution in [0, 0.1) is 0 Å². The fourth-order valence-corrected chi connectivity index (χ4v) is 1.48. The zero-order chi connectivity index (χ0) is 10.1. The molecule has 0 spiro atoms. The first-order valence-corrected chi connectivity index (χ1v) is 5.31. The van der Waals surface area contributed by atoms with Crippen LogP contribution in [-0.4, -0.2) is 52.7 Å². The van der Waals surface area contributed by atoms with Crippen LogP contribution in [0.15, 0.2) is 0 Å². The van der Waals surface area contributed by atoms with Gasteiger partial charge in [0.25, 0.3) is 0 Å². The van der Waals surface area contributed by atoms with Crippen LogP contribution in [-0.2, 0) is 14.2 Å². The van der Waals surface area contributed by atoms with Crippen molar-refractivity contribution >= 4 is 0 Å². The third-order valence-electron chi connectivity index (χ3n) is 2.33. The molecule has 0 atom stereocenters. The SMILES string of the molecule is COCCOCCNC1CCOCC1. The number of rotatable bonds is 7. The number of ether oxygens (including phenoxy) is 3. The van der Waals surface area contributed by atoms with E-state index in [9.17, 15) is 0 Å². The van der Waals surface area contributed by atoms with Crippen molar-refractivity contribution < 1.29 is 14.2 Å². The lowest BCUT2D eigenvalue weighted by atomic mass is 10.1. The Labute approximate surface area is 85.9 Å². The minimum absolute atomic E-state index is 0.620. The third kappa shape index (κ3) is 5.54. The molecule has 1 fully saturated rings. The third-order valence-corrected chi connectivity index (χ3v) is 2.33. The van der Waals surface area contributed by atoms with Crippen molar-refractivity contribution in [3.05, 3.63) is 0 Å². The van der Waals surface area contributed by atoms with Crippen LogP contribution in [0.1, 0.15) is 12.8 Å². The molecule has 4 nitrogen and oxygen atoms in total. The second-order valence-corrected chi connectivity index (χ2v) is 3.45. The predicted octanol–water partition coefficient (Wildman–Crippen LogP) is 0.418. The van der Waals surface area contributed by atoms with Gasteiger partial charge in [-0.05, 0) is 12.8 Å². The summed E-state index contributed by atoms with van der Waals surface area (Å²) in [6.45, 7) is 4.84. The van der Waals surface area contributed by atoms with Crippen molar-refractivity contribution in [2.45, 2.75) is 18.9 Å². The van der Waals surface area contributed by atoms with Crippen molar-refractivity contribution in [3.8, 4) is 0 Å². The average Bonchev–Trinajstić information content (AvgIpc) is 2.25. The van der Waals surface area contributed by atoms with Gasteiger partial charge < -0.3 is 19.5 Å². The molecule has 1 saturated heterocycles. The number of nitrogens with one attached hydrogen (secondary N) is 1. The molecule has 1 N–H and O–H groups in total.